The van der Waals surface area contributed by atoms with E-state index in [1.54, 1.807) is 19.9 Å². The predicted molar refractivity (Wildman–Crippen MR) is 87.6 cm³/mol. The van der Waals surface area contributed by atoms with E-state index in [-0.39, 0.29) is 17.1 Å². The van der Waals surface area contributed by atoms with Crippen molar-refractivity contribution in [2.45, 2.75) is 13.8 Å². The van der Waals surface area contributed by atoms with Gasteiger partial charge in [-0.05, 0) is 19.9 Å². The molecule has 1 amide bonds. The van der Waals surface area contributed by atoms with Crippen LogP contribution in [0, 0.1) is 27.4 Å². The van der Waals surface area contributed by atoms with Gasteiger partial charge in [-0.1, -0.05) is 0 Å². The molecule has 0 N–H and O–H groups in total. The highest BCUT2D eigenvalue weighted by Crippen LogP contribution is 2.38. The van der Waals surface area contributed by atoms with Crippen LogP contribution in [0.25, 0.3) is 0 Å². The number of rotatable bonds is 8. The molecule has 0 aliphatic carbocycles. The van der Waals surface area contributed by atoms with Crippen LogP contribution >= 0.6 is 0 Å². The molecular weight excluding hydrogens is 330 g/mol. The first-order chi connectivity index (χ1) is 11.9. The Bertz CT molecular complexity index is 721. The van der Waals surface area contributed by atoms with Crippen LogP contribution in [-0.4, -0.2) is 48.8 Å². The molecule has 1 aromatic rings. The number of nitro benzene ring substituents is 1. The SMILES string of the molecule is CCN(CC)C(=O)C(C#N)C(=O)c1cc(OC)c(OC)c([N+](=O)[O-])c1. The maximum atomic E-state index is 12.6. The van der Waals surface area contributed by atoms with Crippen LogP contribution in [0.3, 0.4) is 0 Å². The van der Waals surface area contributed by atoms with Crippen LogP contribution in [0.4, 0.5) is 5.69 Å². The molecule has 0 aliphatic heterocycles. The highest BCUT2D eigenvalue weighted by Gasteiger charge is 2.33. The summed E-state index contributed by atoms with van der Waals surface area (Å²) in [5, 5.41) is 20.5. The van der Waals surface area contributed by atoms with Crippen molar-refractivity contribution >= 4 is 17.4 Å². The maximum absolute atomic E-state index is 12.6. The van der Waals surface area contributed by atoms with E-state index in [0.717, 1.165) is 6.07 Å². The van der Waals surface area contributed by atoms with Crippen LogP contribution in [0.1, 0.15) is 24.2 Å². The summed E-state index contributed by atoms with van der Waals surface area (Å²) in [6.45, 7) is 4.13. The number of hydrogen-bond acceptors (Lipinski definition) is 7. The summed E-state index contributed by atoms with van der Waals surface area (Å²) >= 11 is 0. The predicted octanol–water partition coefficient (Wildman–Crippen LogP) is 1.80. The third-order valence-electron chi connectivity index (χ3n) is 3.65. The van der Waals surface area contributed by atoms with Gasteiger partial charge in [0.05, 0.1) is 25.2 Å². The number of nitrogens with zero attached hydrogens (tertiary/aromatic N) is 3. The number of ketones is 1. The molecule has 1 atom stereocenters. The van der Waals surface area contributed by atoms with Crippen molar-refractivity contribution in [2.75, 3.05) is 27.3 Å². The standard InChI is InChI=1S/C16H19N3O6/c1-5-18(6-2)16(21)11(9-17)14(20)10-7-12(19(22)23)15(25-4)13(8-10)24-3/h7-8,11H,5-6H2,1-4H3. The Morgan fingerprint density at radius 3 is 2.28 bits per heavy atom. The smallest absolute Gasteiger partial charge is 0.315 e. The Balaban J connectivity index is 3.41. The van der Waals surface area contributed by atoms with Gasteiger partial charge in [-0.2, -0.15) is 5.26 Å². The highest BCUT2D eigenvalue weighted by molar-refractivity contribution is 6.12. The van der Waals surface area contributed by atoms with Gasteiger partial charge < -0.3 is 14.4 Å². The quantitative estimate of drug-likeness (QED) is 0.303. The second kappa shape index (κ2) is 8.63. The summed E-state index contributed by atoms with van der Waals surface area (Å²) in [7, 11) is 2.49. The third kappa shape index (κ3) is 4.03. The van der Waals surface area contributed by atoms with Gasteiger partial charge in [-0.3, -0.25) is 19.7 Å². The van der Waals surface area contributed by atoms with E-state index in [1.165, 1.54) is 25.2 Å². The Morgan fingerprint density at radius 2 is 1.88 bits per heavy atom. The summed E-state index contributed by atoms with van der Waals surface area (Å²) in [6, 6.07) is 3.87. The van der Waals surface area contributed by atoms with Crippen LogP contribution < -0.4 is 9.47 Å². The average Bonchev–Trinajstić information content (AvgIpc) is 2.61. The number of Topliss-reactive ketones (excluding diaryl/α,β-unsaturated/α-hetero) is 1. The molecule has 0 heterocycles. The Kier molecular flexibility index (Phi) is 6.87. The minimum absolute atomic E-state index is 0.0352. The molecule has 1 unspecified atom stereocenters. The zero-order valence-corrected chi connectivity index (χ0v) is 14.4. The van der Waals surface area contributed by atoms with Crippen LogP contribution in [0.15, 0.2) is 12.1 Å². The molecule has 25 heavy (non-hydrogen) atoms. The molecule has 1 rings (SSSR count). The van der Waals surface area contributed by atoms with Crippen molar-refractivity contribution < 1.29 is 24.0 Å². The highest BCUT2D eigenvalue weighted by atomic mass is 16.6. The third-order valence-corrected chi connectivity index (χ3v) is 3.65. The van der Waals surface area contributed by atoms with E-state index in [0.29, 0.717) is 13.1 Å². The fourth-order valence-corrected chi connectivity index (χ4v) is 2.33. The summed E-state index contributed by atoms with van der Waals surface area (Å²) < 4.78 is 9.97. The molecule has 0 fully saturated rings. The van der Waals surface area contributed by atoms with Gasteiger partial charge >= 0.3 is 5.69 Å². The number of amides is 1. The van der Waals surface area contributed by atoms with Crippen molar-refractivity contribution in [3.8, 4) is 17.6 Å². The number of benzene rings is 1. The van der Waals surface area contributed by atoms with E-state index in [4.69, 9.17) is 9.47 Å². The maximum Gasteiger partial charge on any atom is 0.315 e. The zero-order chi connectivity index (χ0) is 19.1. The van der Waals surface area contributed by atoms with Crippen LogP contribution in [0.2, 0.25) is 0 Å². The van der Waals surface area contributed by atoms with E-state index >= 15 is 0 Å². The van der Waals surface area contributed by atoms with Crippen LogP contribution in [0.5, 0.6) is 11.5 Å². The molecule has 134 valence electrons. The van der Waals surface area contributed by atoms with Gasteiger partial charge in [-0.15, -0.1) is 0 Å². The Morgan fingerprint density at radius 1 is 1.28 bits per heavy atom. The fraction of sp³-hybridized carbons (Fsp3) is 0.438. The number of nitro groups is 1. The molecule has 1 aromatic carbocycles. The molecule has 0 aromatic heterocycles. The molecule has 0 spiro atoms. The van der Waals surface area contributed by atoms with Crippen molar-refractivity contribution in [3.05, 3.63) is 27.8 Å². The number of carbonyl (C=O) groups excluding carboxylic acids is 2. The van der Waals surface area contributed by atoms with E-state index in [1.807, 2.05) is 0 Å². The van der Waals surface area contributed by atoms with Gasteiger partial charge in [0.15, 0.2) is 17.5 Å². The topological polar surface area (TPSA) is 123 Å². The van der Waals surface area contributed by atoms with Crippen molar-refractivity contribution in [2.24, 2.45) is 5.92 Å². The second-order valence-electron chi connectivity index (χ2n) is 4.92. The van der Waals surface area contributed by atoms with Crippen molar-refractivity contribution in [3.63, 3.8) is 0 Å². The molecule has 0 saturated carbocycles. The normalized spacial score (nSPS) is 11.2. The largest absolute Gasteiger partial charge is 0.493 e. The summed E-state index contributed by atoms with van der Waals surface area (Å²) in [4.78, 5) is 36.8. The van der Waals surface area contributed by atoms with Gasteiger partial charge in [0, 0.05) is 24.7 Å². The number of carbonyl (C=O) groups is 2. The lowest BCUT2D eigenvalue weighted by Gasteiger charge is -2.21. The fourth-order valence-electron chi connectivity index (χ4n) is 2.33. The molecule has 0 radical (unpaired) electrons. The molecule has 0 saturated heterocycles. The summed E-state index contributed by atoms with van der Waals surface area (Å²) in [5.41, 5.74) is -0.659. The minimum atomic E-state index is -1.59. The van der Waals surface area contributed by atoms with E-state index in [9.17, 15) is 25.0 Å². The monoisotopic (exact) mass is 349 g/mol. The lowest BCUT2D eigenvalue weighted by Crippen LogP contribution is -2.38. The second-order valence-corrected chi connectivity index (χ2v) is 4.92. The number of nitriles is 1. The first-order valence-corrected chi connectivity index (χ1v) is 7.49. The van der Waals surface area contributed by atoms with Gasteiger partial charge in [0.1, 0.15) is 0 Å². The van der Waals surface area contributed by atoms with E-state index in [2.05, 4.69) is 0 Å². The van der Waals surface area contributed by atoms with Crippen LogP contribution in [-0.2, 0) is 4.79 Å². The Labute approximate surface area is 144 Å². The lowest BCUT2D eigenvalue weighted by molar-refractivity contribution is -0.385. The summed E-state index contributed by atoms with van der Waals surface area (Å²) in [5.74, 6) is -3.24. The Hall–Kier alpha value is -3.15. The lowest BCUT2D eigenvalue weighted by atomic mass is 9.96. The average molecular weight is 349 g/mol. The van der Waals surface area contributed by atoms with Gasteiger partial charge in [0.25, 0.3) is 0 Å². The molecule has 9 heteroatoms. The zero-order valence-electron chi connectivity index (χ0n) is 14.4. The van der Waals surface area contributed by atoms with E-state index < -0.39 is 28.2 Å². The minimum Gasteiger partial charge on any atom is -0.493 e. The molecule has 0 bridgehead atoms. The van der Waals surface area contributed by atoms with Gasteiger partial charge in [-0.25, -0.2) is 0 Å². The van der Waals surface area contributed by atoms with Crippen molar-refractivity contribution in [1.29, 1.82) is 5.26 Å². The summed E-state index contributed by atoms with van der Waals surface area (Å²) in [6.07, 6.45) is 0. The number of ether oxygens (including phenoxy) is 2. The van der Waals surface area contributed by atoms with Gasteiger partial charge in [0.2, 0.25) is 11.7 Å². The molecular formula is C16H19N3O6. The number of hydrogen-bond donors (Lipinski definition) is 0. The first kappa shape index (κ1) is 19.9. The first-order valence-electron chi connectivity index (χ1n) is 7.49. The molecule has 0 aliphatic rings. The number of methoxy groups -OCH3 is 2. The molecule has 9 nitrogen and oxygen atoms in total. The van der Waals surface area contributed by atoms with Crippen molar-refractivity contribution in [1.82, 2.24) is 4.90 Å².